The molecule has 1 unspecified atom stereocenters. The van der Waals surface area contributed by atoms with Crippen LogP contribution in [0.4, 0.5) is 0 Å². The summed E-state index contributed by atoms with van der Waals surface area (Å²) >= 11 is 0. The van der Waals surface area contributed by atoms with Gasteiger partial charge in [-0.05, 0) is 44.4 Å². The first-order valence-electron chi connectivity index (χ1n) is 8.59. The number of amides is 2. The number of rotatable bonds is 3. The third-order valence-electron chi connectivity index (χ3n) is 4.82. The Hall–Kier alpha value is -1.88. The Morgan fingerprint density at radius 1 is 1.09 bits per heavy atom. The molecule has 0 saturated carbocycles. The van der Waals surface area contributed by atoms with Crippen LogP contribution in [0.5, 0.6) is 0 Å². The molecule has 2 amide bonds. The van der Waals surface area contributed by atoms with Gasteiger partial charge >= 0.3 is 0 Å². The van der Waals surface area contributed by atoms with E-state index in [1.807, 2.05) is 35.2 Å². The number of hydrogen-bond donors (Lipinski definition) is 2. The van der Waals surface area contributed by atoms with Crippen molar-refractivity contribution in [3.63, 3.8) is 0 Å². The lowest BCUT2D eigenvalue weighted by Crippen LogP contribution is -2.50. The van der Waals surface area contributed by atoms with Crippen LogP contribution in [0.2, 0.25) is 0 Å². The lowest BCUT2D eigenvalue weighted by atomic mass is 9.96. The van der Waals surface area contributed by atoms with Gasteiger partial charge in [0.05, 0.1) is 5.92 Å². The molecule has 5 heteroatoms. The second-order valence-electron chi connectivity index (χ2n) is 6.48. The minimum Gasteiger partial charge on any atom is -0.349 e. The fourth-order valence-electron chi connectivity index (χ4n) is 3.42. The Kier molecular flexibility index (Phi) is 5.28. The highest BCUT2D eigenvalue weighted by atomic mass is 16.2. The van der Waals surface area contributed by atoms with Gasteiger partial charge in [0, 0.05) is 31.2 Å². The van der Waals surface area contributed by atoms with Crippen molar-refractivity contribution in [3.8, 4) is 0 Å². The normalized spacial score (nSPS) is 22.6. The van der Waals surface area contributed by atoms with Gasteiger partial charge in [-0.1, -0.05) is 18.2 Å². The van der Waals surface area contributed by atoms with Crippen molar-refractivity contribution in [2.45, 2.75) is 31.7 Å². The van der Waals surface area contributed by atoms with Crippen molar-refractivity contribution < 1.29 is 9.59 Å². The van der Waals surface area contributed by atoms with Crippen LogP contribution in [0, 0.1) is 5.92 Å². The molecule has 2 heterocycles. The van der Waals surface area contributed by atoms with Crippen LogP contribution in [0.15, 0.2) is 30.3 Å². The van der Waals surface area contributed by atoms with Crippen molar-refractivity contribution in [2.75, 3.05) is 26.2 Å². The van der Waals surface area contributed by atoms with Crippen LogP contribution in [-0.2, 0) is 4.79 Å². The van der Waals surface area contributed by atoms with E-state index >= 15 is 0 Å². The molecule has 0 radical (unpaired) electrons. The van der Waals surface area contributed by atoms with Gasteiger partial charge < -0.3 is 15.5 Å². The zero-order valence-electron chi connectivity index (χ0n) is 13.5. The number of carbonyl (C=O) groups is 2. The Balaban J connectivity index is 1.46. The fraction of sp³-hybridized carbons (Fsp3) is 0.556. The Bertz CT molecular complexity index is 532. The maximum atomic E-state index is 12.5. The van der Waals surface area contributed by atoms with Crippen molar-refractivity contribution in [1.29, 1.82) is 0 Å². The van der Waals surface area contributed by atoms with E-state index in [2.05, 4.69) is 10.6 Å². The van der Waals surface area contributed by atoms with Gasteiger partial charge in [-0.25, -0.2) is 0 Å². The molecule has 1 aromatic rings. The smallest absolute Gasteiger partial charge is 0.251 e. The van der Waals surface area contributed by atoms with E-state index in [9.17, 15) is 9.59 Å². The molecule has 1 atom stereocenters. The maximum absolute atomic E-state index is 12.5. The van der Waals surface area contributed by atoms with Crippen molar-refractivity contribution in [3.05, 3.63) is 35.9 Å². The van der Waals surface area contributed by atoms with E-state index in [0.29, 0.717) is 5.56 Å². The average Bonchev–Trinajstić information content (AvgIpc) is 2.63. The van der Waals surface area contributed by atoms with Crippen LogP contribution < -0.4 is 10.6 Å². The van der Waals surface area contributed by atoms with Gasteiger partial charge in [-0.2, -0.15) is 0 Å². The lowest BCUT2D eigenvalue weighted by molar-refractivity contribution is -0.137. The van der Waals surface area contributed by atoms with Gasteiger partial charge in [-0.3, -0.25) is 9.59 Å². The van der Waals surface area contributed by atoms with Gasteiger partial charge in [0.1, 0.15) is 0 Å². The molecule has 2 aliphatic rings. The highest BCUT2D eigenvalue weighted by Crippen LogP contribution is 2.18. The van der Waals surface area contributed by atoms with Gasteiger partial charge in [0.25, 0.3) is 5.91 Å². The van der Waals surface area contributed by atoms with Gasteiger partial charge in [-0.15, -0.1) is 0 Å². The number of nitrogens with one attached hydrogen (secondary N) is 2. The summed E-state index contributed by atoms with van der Waals surface area (Å²) < 4.78 is 0. The van der Waals surface area contributed by atoms with Crippen LogP contribution in [-0.4, -0.2) is 48.9 Å². The van der Waals surface area contributed by atoms with Gasteiger partial charge in [0.2, 0.25) is 5.91 Å². The molecule has 2 aliphatic heterocycles. The quantitative estimate of drug-likeness (QED) is 0.886. The monoisotopic (exact) mass is 315 g/mol. The summed E-state index contributed by atoms with van der Waals surface area (Å²) in [5.41, 5.74) is 0.694. The number of carbonyl (C=O) groups excluding carboxylic acids is 2. The van der Waals surface area contributed by atoms with Gasteiger partial charge in [0.15, 0.2) is 0 Å². The zero-order chi connectivity index (χ0) is 16.1. The SMILES string of the molecule is O=C(NC1CCN(C(=O)C2CCCNC2)CC1)c1ccccc1. The standard InChI is InChI=1S/C18H25N3O2/c22-17(14-5-2-1-3-6-14)20-16-8-11-21(12-9-16)18(23)15-7-4-10-19-13-15/h1-3,5-6,15-16,19H,4,7-13H2,(H,20,22). The number of likely N-dealkylation sites (tertiary alicyclic amines) is 1. The van der Waals surface area contributed by atoms with Crippen LogP contribution in [0.3, 0.4) is 0 Å². The largest absolute Gasteiger partial charge is 0.349 e. The van der Waals surface area contributed by atoms with Crippen molar-refractivity contribution in [1.82, 2.24) is 15.5 Å². The number of hydrogen-bond acceptors (Lipinski definition) is 3. The van der Waals surface area contributed by atoms with Crippen molar-refractivity contribution >= 4 is 11.8 Å². The summed E-state index contributed by atoms with van der Waals surface area (Å²) in [4.78, 5) is 26.7. The third kappa shape index (κ3) is 4.10. The molecule has 2 fully saturated rings. The minimum absolute atomic E-state index is 0.0214. The molecule has 124 valence electrons. The van der Waals surface area contributed by atoms with E-state index in [-0.39, 0.29) is 23.8 Å². The number of piperidine rings is 2. The third-order valence-corrected chi connectivity index (χ3v) is 4.82. The molecular formula is C18H25N3O2. The second-order valence-corrected chi connectivity index (χ2v) is 6.48. The maximum Gasteiger partial charge on any atom is 0.251 e. The average molecular weight is 315 g/mol. The van der Waals surface area contributed by atoms with Crippen LogP contribution in [0.1, 0.15) is 36.0 Å². The summed E-state index contributed by atoms with van der Waals surface area (Å²) in [6.07, 6.45) is 3.76. The summed E-state index contributed by atoms with van der Waals surface area (Å²) in [7, 11) is 0. The molecule has 0 spiro atoms. The molecule has 23 heavy (non-hydrogen) atoms. The molecule has 5 nitrogen and oxygen atoms in total. The zero-order valence-corrected chi connectivity index (χ0v) is 13.5. The first-order chi connectivity index (χ1) is 11.2. The van der Waals surface area contributed by atoms with E-state index in [1.54, 1.807) is 0 Å². The first-order valence-corrected chi connectivity index (χ1v) is 8.59. The highest BCUT2D eigenvalue weighted by molar-refractivity contribution is 5.94. The highest BCUT2D eigenvalue weighted by Gasteiger charge is 2.29. The molecule has 2 saturated heterocycles. The predicted octanol–water partition coefficient (Wildman–Crippen LogP) is 1.41. The number of benzene rings is 1. The van der Waals surface area contributed by atoms with Crippen molar-refractivity contribution in [2.24, 2.45) is 5.92 Å². The fourth-order valence-corrected chi connectivity index (χ4v) is 3.42. The van der Waals surface area contributed by atoms with E-state index in [1.165, 1.54) is 0 Å². The Labute approximate surface area is 137 Å². The molecular weight excluding hydrogens is 290 g/mol. The predicted molar refractivity (Wildman–Crippen MR) is 89.1 cm³/mol. The minimum atomic E-state index is -0.0214. The summed E-state index contributed by atoms with van der Waals surface area (Å²) in [6, 6.07) is 9.45. The van der Waals surface area contributed by atoms with Crippen LogP contribution in [0.25, 0.3) is 0 Å². The molecule has 1 aromatic carbocycles. The van der Waals surface area contributed by atoms with E-state index < -0.39 is 0 Å². The Morgan fingerprint density at radius 2 is 1.83 bits per heavy atom. The molecule has 2 N–H and O–H groups in total. The number of nitrogens with zero attached hydrogens (tertiary/aromatic N) is 1. The Morgan fingerprint density at radius 3 is 2.48 bits per heavy atom. The summed E-state index contributed by atoms with van der Waals surface area (Å²) in [6.45, 7) is 3.32. The first kappa shape index (κ1) is 16.0. The second kappa shape index (κ2) is 7.59. The van der Waals surface area contributed by atoms with E-state index in [0.717, 1.165) is 51.9 Å². The summed E-state index contributed by atoms with van der Waals surface area (Å²) in [5, 5.41) is 6.39. The molecule has 0 aromatic heterocycles. The molecule has 0 aliphatic carbocycles. The molecule has 0 bridgehead atoms. The van der Waals surface area contributed by atoms with Crippen LogP contribution >= 0.6 is 0 Å². The summed E-state index contributed by atoms with van der Waals surface area (Å²) in [5.74, 6) is 0.399. The van der Waals surface area contributed by atoms with E-state index in [4.69, 9.17) is 0 Å². The molecule has 3 rings (SSSR count). The topological polar surface area (TPSA) is 61.4 Å². The lowest BCUT2D eigenvalue weighted by Gasteiger charge is -2.35.